The van der Waals surface area contributed by atoms with Gasteiger partial charge in [-0.1, -0.05) is 0 Å². The minimum absolute atomic E-state index is 0.0885. The summed E-state index contributed by atoms with van der Waals surface area (Å²) in [4.78, 5) is 4.16. The normalized spacial score (nSPS) is 11.8. The number of hydrogen-bond acceptors (Lipinski definition) is 5. The molecule has 0 saturated carbocycles. The summed E-state index contributed by atoms with van der Waals surface area (Å²) in [5.41, 5.74) is 5.53. The number of nitrogens with one attached hydrogen (secondary N) is 1. The molecule has 0 spiro atoms. The standard InChI is InChI=1S/C12H13F2N3O2S2/c1-7-5-16-11(20-7)6-17-21(18,19)10-3-8(4-15)2-9(13)12(10)14/h2-3,5,17H,4,6,15H2,1H3. The van der Waals surface area contributed by atoms with Crippen LogP contribution in [-0.4, -0.2) is 13.4 Å². The molecule has 0 bridgehead atoms. The first-order valence-corrected chi connectivity index (χ1v) is 8.22. The lowest BCUT2D eigenvalue weighted by atomic mass is 10.2. The molecule has 0 radical (unpaired) electrons. The van der Waals surface area contributed by atoms with Crippen molar-refractivity contribution in [2.75, 3.05) is 0 Å². The highest BCUT2D eigenvalue weighted by Crippen LogP contribution is 2.20. The molecule has 3 N–H and O–H groups in total. The van der Waals surface area contributed by atoms with Crippen LogP contribution in [-0.2, 0) is 23.1 Å². The first-order chi connectivity index (χ1) is 9.83. The van der Waals surface area contributed by atoms with Crippen LogP contribution in [0.4, 0.5) is 8.78 Å². The van der Waals surface area contributed by atoms with Gasteiger partial charge < -0.3 is 5.73 Å². The van der Waals surface area contributed by atoms with Gasteiger partial charge in [0, 0.05) is 17.6 Å². The molecule has 0 aliphatic rings. The van der Waals surface area contributed by atoms with Crippen LogP contribution in [0.25, 0.3) is 0 Å². The Morgan fingerprint density at radius 3 is 2.67 bits per heavy atom. The van der Waals surface area contributed by atoms with Gasteiger partial charge in [-0.2, -0.15) is 0 Å². The second kappa shape index (κ2) is 6.14. The van der Waals surface area contributed by atoms with Gasteiger partial charge in [-0.25, -0.2) is 26.9 Å². The van der Waals surface area contributed by atoms with Gasteiger partial charge in [0.15, 0.2) is 11.6 Å². The summed E-state index contributed by atoms with van der Waals surface area (Å²) in [5, 5.41) is 0.534. The van der Waals surface area contributed by atoms with Crippen LogP contribution in [0.15, 0.2) is 23.2 Å². The Labute approximate surface area is 124 Å². The van der Waals surface area contributed by atoms with Gasteiger partial charge in [0.25, 0.3) is 0 Å². The molecular weight excluding hydrogens is 320 g/mol. The first kappa shape index (κ1) is 16.0. The van der Waals surface area contributed by atoms with Crippen LogP contribution in [0.2, 0.25) is 0 Å². The zero-order valence-corrected chi connectivity index (χ0v) is 12.7. The number of aromatic nitrogens is 1. The Balaban J connectivity index is 2.29. The second-order valence-electron chi connectivity index (χ2n) is 4.28. The first-order valence-electron chi connectivity index (χ1n) is 5.92. The van der Waals surface area contributed by atoms with E-state index in [0.717, 1.165) is 17.0 Å². The van der Waals surface area contributed by atoms with Crippen LogP contribution >= 0.6 is 11.3 Å². The highest BCUT2D eigenvalue weighted by Gasteiger charge is 2.23. The topological polar surface area (TPSA) is 85.1 Å². The Morgan fingerprint density at radius 2 is 2.10 bits per heavy atom. The lowest BCUT2D eigenvalue weighted by molar-refractivity contribution is 0.481. The van der Waals surface area contributed by atoms with Crippen LogP contribution in [0.1, 0.15) is 15.4 Å². The van der Waals surface area contributed by atoms with Crippen LogP contribution in [0, 0.1) is 18.6 Å². The minimum Gasteiger partial charge on any atom is -0.326 e. The van der Waals surface area contributed by atoms with E-state index in [1.54, 1.807) is 6.20 Å². The fourth-order valence-electron chi connectivity index (χ4n) is 1.65. The molecule has 0 aliphatic carbocycles. The van der Waals surface area contributed by atoms with Gasteiger partial charge in [0.1, 0.15) is 9.90 Å². The maximum atomic E-state index is 13.7. The number of halogens is 2. The number of thiazole rings is 1. The molecule has 1 aromatic heterocycles. The Hall–Kier alpha value is -1.42. The van der Waals surface area contributed by atoms with Crippen molar-refractivity contribution in [2.24, 2.45) is 5.73 Å². The molecule has 0 amide bonds. The van der Waals surface area contributed by atoms with E-state index in [1.165, 1.54) is 11.3 Å². The van der Waals surface area contributed by atoms with E-state index in [0.29, 0.717) is 5.01 Å². The summed E-state index contributed by atoms with van der Waals surface area (Å²) in [6.07, 6.45) is 1.60. The summed E-state index contributed by atoms with van der Waals surface area (Å²) in [6, 6.07) is 1.90. The quantitative estimate of drug-likeness (QED) is 0.871. The number of rotatable bonds is 5. The molecule has 0 aliphatic heterocycles. The molecule has 0 unspecified atom stereocenters. The van der Waals surface area contributed by atoms with Crippen LogP contribution in [0.3, 0.4) is 0 Å². The second-order valence-corrected chi connectivity index (χ2v) is 7.34. The third kappa shape index (κ3) is 3.62. The van der Waals surface area contributed by atoms with Gasteiger partial charge in [-0.15, -0.1) is 11.3 Å². The van der Waals surface area contributed by atoms with E-state index < -0.39 is 26.6 Å². The number of benzene rings is 1. The van der Waals surface area contributed by atoms with E-state index >= 15 is 0 Å². The average molecular weight is 333 g/mol. The van der Waals surface area contributed by atoms with Crippen molar-refractivity contribution in [3.8, 4) is 0 Å². The van der Waals surface area contributed by atoms with Gasteiger partial charge in [-0.05, 0) is 24.6 Å². The van der Waals surface area contributed by atoms with Gasteiger partial charge in [0.2, 0.25) is 10.0 Å². The lowest BCUT2D eigenvalue weighted by Crippen LogP contribution is -2.25. The molecule has 21 heavy (non-hydrogen) atoms. The van der Waals surface area contributed by atoms with Crippen LogP contribution < -0.4 is 10.5 Å². The van der Waals surface area contributed by atoms with E-state index in [4.69, 9.17) is 5.73 Å². The zero-order chi connectivity index (χ0) is 15.6. The number of aryl methyl sites for hydroxylation is 1. The van der Waals surface area contributed by atoms with Crippen molar-refractivity contribution < 1.29 is 17.2 Å². The molecule has 2 rings (SSSR count). The monoisotopic (exact) mass is 333 g/mol. The Morgan fingerprint density at radius 1 is 1.38 bits per heavy atom. The van der Waals surface area contributed by atoms with E-state index in [-0.39, 0.29) is 18.7 Å². The van der Waals surface area contributed by atoms with Crippen molar-refractivity contribution in [3.05, 3.63) is 45.4 Å². The summed E-state index contributed by atoms with van der Waals surface area (Å²) >= 11 is 1.31. The molecule has 2 aromatic rings. The SMILES string of the molecule is Cc1cnc(CNS(=O)(=O)c2cc(CN)cc(F)c2F)s1. The molecule has 114 valence electrons. The van der Waals surface area contributed by atoms with E-state index in [1.807, 2.05) is 6.92 Å². The molecule has 1 heterocycles. The highest BCUT2D eigenvalue weighted by atomic mass is 32.2. The average Bonchev–Trinajstić information content (AvgIpc) is 2.85. The summed E-state index contributed by atoms with van der Waals surface area (Å²) in [6.45, 7) is 1.65. The van der Waals surface area contributed by atoms with Crippen molar-refractivity contribution in [1.82, 2.24) is 9.71 Å². The summed E-state index contributed by atoms with van der Waals surface area (Å²) in [5.74, 6) is -2.67. The van der Waals surface area contributed by atoms with Gasteiger partial charge >= 0.3 is 0 Å². The third-order valence-electron chi connectivity index (χ3n) is 2.66. The predicted molar refractivity (Wildman–Crippen MR) is 75.1 cm³/mol. The van der Waals surface area contributed by atoms with Gasteiger partial charge in [-0.3, -0.25) is 0 Å². The third-order valence-corrected chi connectivity index (χ3v) is 4.98. The molecule has 0 atom stereocenters. The molecule has 9 heteroatoms. The highest BCUT2D eigenvalue weighted by molar-refractivity contribution is 7.89. The molecular formula is C12H13F2N3O2S2. The Bertz CT molecular complexity index is 760. The fourth-order valence-corrected chi connectivity index (χ4v) is 3.59. The maximum Gasteiger partial charge on any atom is 0.243 e. The number of nitrogens with two attached hydrogens (primary N) is 1. The largest absolute Gasteiger partial charge is 0.326 e. The summed E-state index contributed by atoms with van der Waals surface area (Å²) in [7, 11) is -4.19. The smallest absolute Gasteiger partial charge is 0.243 e. The number of sulfonamides is 1. The Kier molecular flexibility index (Phi) is 4.67. The van der Waals surface area contributed by atoms with Crippen molar-refractivity contribution in [2.45, 2.75) is 24.9 Å². The molecule has 0 saturated heterocycles. The molecule has 0 fully saturated rings. The zero-order valence-electron chi connectivity index (χ0n) is 11.1. The molecule has 1 aromatic carbocycles. The minimum atomic E-state index is -4.19. The van der Waals surface area contributed by atoms with Crippen molar-refractivity contribution >= 4 is 21.4 Å². The van der Waals surface area contributed by atoms with Gasteiger partial charge in [0.05, 0.1) is 6.54 Å². The predicted octanol–water partition coefficient (Wildman–Crippen LogP) is 1.67. The molecule has 5 nitrogen and oxygen atoms in total. The van der Waals surface area contributed by atoms with Crippen molar-refractivity contribution in [3.63, 3.8) is 0 Å². The van der Waals surface area contributed by atoms with E-state index in [9.17, 15) is 17.2 Å². The lowest BCUT2D eigenvalue weighted by Gasteiger charge is -2.09. The van der Waals surface area contributed by atoms with Crippen LogP contribution in [0.5, 0.6) is 0 Å². The number of nitrogens with zero attached hydrogens (tertiary/aromatic N) is 1. The maximum absolute atomic E-state index is 13.7. The van der Waals surface area contributed by atoms with Crippen molar-refractivity contribution in [1.29, 1.82) is 0 Å². The van der Waals surface area contributed by atoms with E-state index in [2.05, 4.69) is 9.71 Å². The summed E-state index contributed by atoms with van der Waals surface area (Å²) < 4.78 is 53.4. The number of hydrogen-bond donors (Lipinski definition) is 2. The fraction of sp³-hybridized carbons (Fsp3) is 0.250.